The Morgan fingerprint density at radius 1 is 1.17 bits per heavy atom. The molecule has 1 aliphatic rings. The molecule has 1 saturated carbocycles. The Bertz CT molecular complexity index is 546. The van der Waals surface area contributed by atoms with Gasteiger partial charge in [0.2, 0.25) is 10.0 Å². The summed E-state index contributed by atoms with van der Waals surface area (Å²) in [5, 5.41) is 5.20. The smallest absolute Gasteiger partial charge is 0.240 e. The Morgan fingerprint density at radius 2 is 1.78 bits per heavy atom. The maximum atomic E-state index is 11.5. The first-order chi connectivity index (χ1) is 8.41. The van der Waals surface area contributed by atoms with E-state index in [0.29, 0.717) is 11.6 Å². The minimum Gasteiger partial charge on any atom is -0.397 e. The SMILES string of the molecule is Cc1ccc(S(N)(=O)=O)c(N)c1C1CCCCC1. The van der Waals surface area contributed by atoms with Crippen molar-refractivity contribution in [1.82, 2.24) is 0 Å². The van der Waals surface area contributed by atoms with Gasteiger partial charge in [-0.3, -0.25) is 0 Å². The first-order valence-electron chi connectivity index (χ1n) is 6.33. The lowest BCUT2D eigenvalue weighted by molar-refractivity contribution is 0.443. The van der Waals surface area contributed by atoms with Crippen LogP contribution in [0.4, 0.5) is 5.69 Å². The van der Waals surface area contributed by atoms with Crippen molar-refractivity contribution in [1.29, 1.82) is 0 Å². The van der Waals surface area contributed by atoms with Crippen LogP contribution in [0.5, 0.6) is 0 Å². The predicted octanol–water partition coefficient (Wildman–Crippen LogP) is 2.27. The van der Waals surface area contributed by atoms with Crippen LogP contribution in [-0.4, -0.2) is 8.42 Å². The summed E-state index contributed by atoms with van der Waals surface area (Å²) in [5.74, 6) is 0.375. The van der Waals surface area contributed by atoms with E-state index in [1.54, 1.807) is 6.07 Å². The van der Waals surface area contributed by atoms with E-state index in [1.807, 2.05) is 6.92 Å². The van der Waals surface area contributed by atoms with Crippen molar-refractivity contribution in [3.8, 4) is 0 Å². The molecular weight excluding hydrogens is 248 g/mol. The first kappa shape index (κ1) is 13.4. The van der Waals surface area contributed by atoms with Crippen LogP contribution < -0.4 is 10.9 Å². The molecule has 0 unspecified atom stereocenters. The normalized spacial score (nSPS) is 17.9. The molecule has 1 fully saturated rings. The number of aryl methyl sites for hydroxylation is 1. The Labute approximate surface area is 108 Å². The van der Waals surface area contributed by atoms with Gasteiger partial charge in [-0.2, -0.15) is 0 Å². The van der Waals surface area contributed by atoms with Crippen LogP contribution in [0.3, 0.4) is 0 Å². The molecule has 0 spiro atoms. The Kier molecular flexibility index (Phi) is 3.64. The summed E-state index contributed by atoms with van der Waals surface area (Å²) in [4.78, 5) is 0.0636. The minimum absolute atomic E-state index is 0.0636. The maximum Gasteiger partial charge on any atom is 0.240 e. The van der Waals surface area contributed by atoms with E-state index in [4.69, 9.17) is 10.9 Å². The molecule has 5 heteroatoms. The highest BCUT2D eigenvalue weighted by Gasteiger charge is 2.23. The van der Waals surface area contributed by atoms with Crippen molar-refractivity contribution in [2.45, 2.75) is 49.8 Å². The van der Waals surface area contributed by atoms with E-state index in [-0.39, 0.29) is 4.90 Å². The second-order valence-corrected chi connectivity index (χ2v) is 6.62. The summed E-state index contributed by atoms with van der Waals surface area (Å²) in [6.45, 7) is 1.98. The Hall–Kier alpha value is -1.07. The van der Waals surface area contributed by atoms with Crippen LogP contribution >= 0.6 is 0 Å². The lowest BCUT2D eigenvalue weighted by atomic mass is 9.81. The number of primary sulfonamides is 1. The van der Waals surface area contributed by atoms with Gasteiger partial charge in [0.05, 0.1) is 5.69 Å². The Balaban J connectivity index is 2.52. The molecule has 4 N–H and O–H groups in total. The van der Waals surface area contributed by atoms with Crippen LogP contribution in [-0.2, 0) is 10.0 Å². The zero-order chi connectivity index (χ0) is 13.3. The number of sulfonamides is 1. The number of rotatable bonds is 2. The van der Waals surface area contributed by atoms with Gasteiger partial charge in [0, 0.05) is 0 Å². The fraction of sp³-hybridized carbons (Fsp3) is 0.538. The van der Waals surface area contributed by atoms with Crippen LogP contribution in [0, 0.1) is 6.92 Å². The molecule has 4 nitrogen and oxygen atoms in total. The van der Waals surface area contributed by atoms with E-state index >= 15 is 0 Å². The topological polar surface area (TPSA) is 86.2 Å². The van der Waals surface area contributed by atoms with Gasteiger partial charge in [0.1, 0.15) is 4.90 Å². The molecule has 0 saturated heterocycles. The van der Waals surface area contributed by atoms with Gasteiger partial charge in [-0.05, 0) is 42.9 Å². The van der Waals surface area contributed by atoms with E-state index in [2.05, 4.69) is 0 Å². The van der Waals surface area contributed by atoms with Crippen molar-refractivity contribution < 1.29 is 8.42 Å². The van der Waals surface area contributed by atoms with Crippen LogP contribution in [0.25, 0.3) is 0 Å². The van der Waals surface area contributed by atoms with Crippen molar-refractivity contribution in [2.24, 2.45) is 5.14 Å². The van der Waals surface area contributed by atoms with Gasteiger partial charge in [-0.1, -0.05) is 25.3 Å². The number of hydrogen-bond donors (Lipinski definition) is 2. The predicted molar refractivity (Wildman–Crippen MR) is 72.8 cm³/mol. The maximum absolute atomic E-state index is 11.5. The molecule has 1 aromatic rings. The molecule has 0 heterocycles. The van der Waals surface area contributed by atoms with E-state index in [0.717, 1.165) is 24.0 Å². The van der Waals surface area contributed by atoms with Gasteiger partial charge < -0.3 is 5.73 Å². The van der Waals surface area contributed by atoms with Crippen molar-refractivity contribution in [3.05, 3.63) is 23.3 Å². The molecule has 100 valence electrons. The molecule has 2 rings (SSSR count). The van der Waals surface area contributed by atoms with Gasteiger partial charge >= 0.3 is 0 Å². The third-order valence-corrected chi connectivity index (χ3v) is 4.75. The molecule has 0 amide bonds. The largest absolute Gasteiger partial charge is 0.397 e. The number of nitrogens with two attached hydrogens (primary N) is 2. The number of anilines is 1. The zero-order valence-corrected chi connectivity index (χ0v) is 11.5. The molecule has 1 aromatic carbocycles. The number of benzene rings is 1. The van der Waals surface area contributed by atoms with E-state index in [1.165, 1.54) is 25.3 Å². The lowest BCUT2D eigenvalue weighted by Crippen LogP contribution is -2.17. The van der Waals surface area contributed by atoms with Crippen molar-refractivity contribution in [3.63, 3.8) is 0 Å². The average molecular weight is 268 g/mol. The first-order valence-corrected chi connectivity index (χ1v) is 7.87. The lowest BCUT2D eigenvalue weighted by Gasteiger charge is -2.25. The van der Waals surface area contributed by atoms with Crippen LogP contribution in [0.1, 0.15) is 49.1 Å². The molecule has 0 radical (unpaired) electrons. The van der Waals surface area contributed by atoms with Crippen molar-refractivity contribution >= 4 is 15.7 Å². The fourth-order valence-corrected chi connectivity index (χ4v) is 3.58. The van der Waals surface area contributed by atoms with Crippen molar-refractivity contribution in [2.75, 3.05) is 5.73 Å². The Morgan fingerprint density at radius 3 is 2.33 bits per heavy atom. The van der Waals surface area contributed by atoms with Gasteiger partial charge in [0.15, 0.2) is 0 Å². The molecular formula is C13H20N2O2S. The second-order valence-electron chi connectivity index (χ2n) is 5.09. The summed E-state index contributed by atoms with van der Waals surface area (Å²) in [5.41, 5.74) is 8.44. The molecule has 0 aliphatic heterocycles. The van der Waals surface area contributed by atoms with Crippen LogP contribution in [0.2, 0.25) is 0 Å². The monoisotopic (exact) mass is 268 g/mol. The van der Waals surface area contributed by atoms with E-state index < -0.39 is 10.0 Å². The van der Waals surface area contributed by atoms with Crippen LogP contribution in [0.15, 0.2) is 17.0 Å². The molecule has 0 bridgehead atoms. The highest BCUT2D eigenvalue weighted by Crippen LogP contribution is 2.39. The summed E-state index contributed by atoms with van der Waals surface area (Å²) < 4.78 is 23.0. The number of nitrogen functional groups attached to an aromatic ring is 1. The molecule has 18 heavy (non-hydrogen) atoms. The highest BCUT2D eigenvalue weighted by atomic mass is 32.2. The summed E-state index contributed by atoms with van der Waals surface area (Å²) in [6, 6.07) is 3.31. The minimum atomic E-state index is -3.74. The number of hydrogen-bond acceptors (Lipinski definition) is 3. The van der Waals surface area contributed by atoms with Gasteiger partial charge in [0.25, 0.3) is 0 Å². The summed E-state index contributed by atoms with van der Waals surface area (Å²) in [7, 11) is -3.74. The average Bonchev–Trinajstić information content (AvgIpc) is 2.28. The zero-order valence-electron chi connectivity index (χ0n) is 10.6. The molecule has 0 atom stereocenters. The third-order valence-electron chi connectivity index (χ3n) is 3.79. The standard InChI is InChI=1S/C13H20N2O2S/c1-9-7-8-11(18(15,16)17)13(14)12(9)10-5-3-2-4-6-10/h7-8,10H,2-6,14H2,1H3,(H2,15,16,17). The fourth-order valence-electron chi connectivity index (χ4n) is 2.91. The quantitative estimate of drug-likeness (QED) is 0.807. The molecule has 1 aliphatic carbocycles. The third kappa shape index (κ3) is 2.52. The van der Waals surface area contributed by atoms with E-state index in [9.17, 15) is 8.42 Å². The van der Waals surface area contributed by atoms with Gasteiger partial charge in [-0.15, -0.1) is 0 Å². The summed E-state index contributed by atoms with van der Waals surface area (Å²) >= 11 is 0. The van der Waals surface area contributed by atoms with Gasteiger partial charge in [-0.25, -0.2) is 13.6 Å². The second kappa shape index (κ2) is 4.90. The summed E-state index contributed by atoms with van der Waals surface area (Å²) in [6.07, 6.45) is 5.79. The molecule has 0 aromatic heterocycles. The highest BCUT2D eigenvalue weighted by molar-refractivity contribution is 7.89.